The molecule has 1 unspecified atom stereocenters. The molecule has 0 aliphatic carbocycles. The van der Waals surface area contributed by atoms with E-state index in [0.29, 0.717) is 0 Å². The van der Waals surface area contributed by atoms with Crippen LogP contribution in [0.3, 0.4) is 0 Å². The van der Waals surface area contributed by atoms with E-state index < -0.39 is 37.5 Å². The maximum atomic E-state index is 9.71. The normalized spacial score (nSPS) is 41.8. The summed E-state index contributed by atoms with van der Waals surface area (Å²) in [6.07, 6.45) is -4.68. The van der Waals surface area contributed by atoms with Gasteiger partial charge < -0.3 is 30.9 Å². The molecule has 0 spiro atoms. The van der Waals surface area contributed by atoms with Crippen LogP contribution in [0.15, 0.2) is 9.98 Å². The lowest BCUT2D eigenvalue weighted by atomic mass is 10.1. The Morgan fingerprint density at radius 3 is 2.59 bits per heavy atom. The lowest BCUT2D eigenvalue weighted by Crippen LogP contribution is -2.50. The fraction of sp³-hybridized carbons (Fsp3) is 0.750. The molecule has 0 radical (unpaired) electrons. The van der Waals surface area contributed by atoms with Crippen LogP contribution in [0.1, 0.15) is 0 Å². The average Bonchev–Trinajstić information content (AvgIpc) is 2.57. The van der Waals surface area contributed by atoms with E-state index >= 15 is 0 Å². The van der Waals surface area contributed by atoms with Gasteiger partial charge in [-0.1, -0.05) is 0 Å². The molecule has 2 aliphatic rings. The molecular formula is C8H14N4O5. The van der Waals surface area contributed by atoms with Gasteiger partial charge in [-0.2, -0.15) is 4.99 Å². The van der Waals surface area contributed by atoms with Crippen LogP contribution in [0, 0.1) is 0 Å². The first-order chi connectivity index (χ1) is 8.04. The van der Waals surface area contributed by atoms with E-state index in [2.05, 4.69) is 9.98 Å². The lowest BCUT2D eigenvalue weighted by molar-refractivity contribution is -0.116. The number of ether oxygens (including phenoxy) is 1. The summed E-state index contributed by atoms with van der Waals surface area (Å²) >= 11 is 0. The van der Waals surface area contributed by atoms with E-state index in [1.807, 2.05) is 0 Å². The van der Waals surface area contributed by atoms with Crippen LogP contribution in [0.2, 0.25) is 0 Å². The molecule has 9 heteroatoms. The Bertz CT molecular complexity index is 349. The predicted molar refractivity (Wildman–Crippen MR) is 55.7 cm³/mol. The van der Waals surface area contributed by atoms with Crippen molar-refractivity contribution in [3.8, 4) is 0 Å². The van der Waals surface area contributed by atoms with E-state index in [4.69, 9.17) is 15.6 Å². The highest BCUT2D eigenvalue weighted by Gasteiger charge is 2.46. The van der Waals surface area contributed by atoms with Gasteiger partial charge in [-0.3, -0.25) is 4.90 Å². The Morgan fingerprint density at radius 1 is 1.35 bits per heavy atom. The lowest BCUT2D eigenvalue weighted by Gasteiger charge is -2.31. The van der Waals surface area contributed by atoms with Gasteiger partial charge >= 0.3 is 0 Å². The summed E-state index contributed by atoms with van der Waals surface area (Å²) in [5.41, 5.74) is 5.27. The third-order valence-electron chi connectivity index (χ3n) is 2.65. The van der Waals surface area contributed by atoms with Crippen LogP contribution in [0.4, 0.5) is 0 Å². The fourth-order valence-electron chi connectivity index (χ4n) is 1.73. The summed E-state index contributed by atoms with van der Waals surface area (Å²) in [5.74, 6) is -0.0968. The number of nitrogens with two attached hydrogens (primary N) is 1. The van der Waals surface area contributed by atoms with E-state index in [9.17, 15) is 15.3 Å². The van der Waals surface area contributed by atoms with Gasteiger partial charge in [-0.05, 0) is 0 Å². The van der Waals surface area contributed by atoms with Crippen LogP contribution in [0.5, 0.6) is 0 Å². The van der Waals surface area contributed by atoms with Crippen molar-refractivity contribution in [3.05, 3.63) is 0 Å². The molecule has 96 valence electrons. The van der Waals surface area contributed by atoms with E-state index in [0.717, 1.165) is 11.2 Å². The Kier molecular flexibility index (Phi) is 3.26. The second-order valence-corrected chi connectivity index (χ2v) is 3.75. The molecule has 2 rings (SSSR count). The standard InChI is InChI=1S/C8H14N4O5/c9-7-10-2-12(8(16)11-7)6-5(15)4(14)3(1-13)17-6/h2-6,8,13-16H,1H2,(H2,9,11)/t3-,4-,5-,6-,8?/m1/s1. The van der Waals surface area contributed by atoms with Gasteiger partial charge in [0.2, 0.25) is 12.3 Å². The monoisotopic (exact) mass is 246 g/mol. The molecule has 0 amide bonds. The number of aliphatic imine (C=N–C) groups is 2. The molecule has 6 N–H and O–H groups in total. The van der Waals surface area contributed by atoms with E-state index in [-0.39, 0.29) is 5.96 Å². The summed E-state index contributed by atoms with van der Waals surface area (Å²) in [6.45, 7) is -0.443. The first-order valence-electron chi connectivity index (χ1n) is 5.00. The molecular weight excluding hydrogens is 232 g/mol. The highest BCUT2D eigenvalue weighted by atomic mass is 16.6. The van der Waals surface area contributed by atoms with Crippen molar-refractivity contribution in [2.75, 3.05) is 6.61 Å². The van der Waals surface area contributed by atoms with Crippen molar-refractivity contribution in [1.29, 1.82) is 0 Å². The van der Waals surface area contributed by atoms with Gasteiger partial charge in [0.1, 0.15) is 24.7 Å². The average molecular weight is 246 g/mol. The topological polar surface area (TPSA) is 144 Å². The first kappa shape index (κ1) is 12.2. The number of aliphatic hydroxyl groups is 4. The van der Waals surface area contributed by atoms with Crippen LogP contribution >= 0.6 is 0 Å². The zero-order valence-corrected chi connectivity index (χ0v) is 8.79. The van der Waals surface area contributed by atoms with Gasteiger partial charge in [0, 0.05) is 0 Å². The Balaban J connectivity index is 2.12. The van der Waals surface area contributed by atoms with Crippen molar-refractivity contribution < 1.29 is 25.2 Å². The number of rotatable bonds is 2. The Labute approximate surface area is 96.5 Å². The molecule has 0 aromatic carbocycles. The summed E-state index contributed by atoms with van der Waals surface area (Å²) in [6, 6.07) is 0. The second kappa shape index (κ2) is 4.55. The van der Waals surface area contributed by atoms with Crippen LogP contribution in [-0.4, -0.2) is 75.1 Å². The number of guanidine groups is 1. The quantitative estimate of drug-likeness (QED) is 0.338. The maximum Gasteiger partial charge on any atom is 0.231 e. The highest BCUT2D eigenvalue weighted by Crippen LogP contribution is 2.25. The van der Waals surface area contributed by atoms with Crippen LogP contribution in [-0.2, 0) is 4.74 Å². The molecule has 0 aromatic rings. The molecule has 0 saturated carbocycles. The third kappa shape index (κ3) is 2.10. The van der Waals surface area contributed by atoms with E-state index in [1.54, 1.807) is 0 Å². The molecule has 2 aliphatic heterocycles. The van der Waals surface area contributed by atoms with Gasteiger partial charge in [-0.15, -0.1) is 0 Å². The Morgan fingerprint density at radius 2 is 2.06 bits per heavy atom. The summed E-state index contributed by atoms with van der Waals surface area (Å²) in [4.78, 5) is 8.31. The van der Waals surface area contributed by atoms with Gasteiger partial charge in [0.25, 0.3) is 0 Å². The fourth-order valence-corrected chi connectivity index (χ4v) is 1.73. The molecule has 0 bridgehead atoms. The molecule has 1 saturated heterocycles. The van der Waals surface area contributed by atoms with Crippen LogP contribution in [0.25, 0.3) is 0 Å². The predicted octanol–water partition coefficient (Wildman–Crippen LogP) is -3.64. The highest BCUT2D eigenvalue weighted by molar-refractivity contribution is 5.87. The molecule has 17 heavy (non-hydrogen) atoms. The summed E-state index contributed by atoms with van der Waals surface area (Å²) in [5, 5.41) is 37.8. The van der Waals surface area contributed by atoms with Crippen molar-refractivity contribution in [1.82, 2.24) is 4.90 Å². The van der Waals surface area contributed by atoms with E-state index in [1.165, 1.54) is 0 Å². The number of hydrogen-bond donors (Lipinski definition) is 5. The SMILES string of the molecule is NC1=NC(O)N([C@@H]2O[C@H](CO)[C@@H](O)[C@H]2O)C=N1. The number of aliphatic hydroxyl groups excluding tert-OH is 4. The second-order valence-electron chi connectivity index (χ2n) is 3.75. The number of hydrogen-bond acceptors (Lipinski definition) is 9. The smallest absolute Gasteiger partial charge is 0.231 e. The largest absolute Gasteiger partial charge is 0.394 e. The zero-order chi connectivity index (χ0) is 12.6. The van der Waals surface area contributed by atoms with Gasteiger partial charge in [-0.25, -0.2) is 4.99 Å². The van der Waals surface area contributed by atoms with Gasteiger partial charge in [0.15, 0.2) is 6.23 Å². The summed E-state index contributed by atoms with van der Waals surface area (Å²) < 4.78 is 5.19. The Hall–Kier alpha value is -1.26. The van der Waals surface area contributed by atoms with Crippen molar-refractivity contribution in [3.63, 3.8) is 0 Å². The minimum atomic E-state index is -1.35. The van der Waals surface area contributed by atoms with Crippen LogP contribution < -0.4 is 5.73 Å². The van der Waals surface area contributed by atoms with Crippen molar-refractivity contribution in [2.24, 2.45) is 15.7 Å². The van der Waals surface area contributed by atoms with Gasteiger partial charge in [0.05, 0.1) is 6.61 Å². The molecule has 5 atom stereocenters. The molecule has 1 fully saturated rings. The molecule has 9 nitrogen and oxygen atoms in total. The first-order valence-corrected chi connectivity index (χ1v) is 5.00. The van der Waals surface area contributed by atoms with Crippen molar-refractivity contribution in [2.45, 2.75) is 30.9 Å². The minimum absolute atomic E-state index is 0.0968. The number of nitrogens with zero attached hydrogens (tertiary/aromatic N) is 3. The maximum absolute atomic E-state index is 9.71. The van der Waals surface area contributed by atoms with Crippen molar-refractivity contribution >= 4 is 12.3 Å². The minimum Gasteiger partial charge on any atom is -0.394 e. The summed E-state index contributed by atoms with van der Waals surface area (Å²) in [7, 11) is 0. The molecule has 0 aromatic heterocycles. The third-order valence-corrected chi connectivity index (χ3v) is 2.65. The molecule has 2 heterocycles. The zero-order valence-electron chi connectivity index (χ0n) is 8.79.